The van der Waals surface area contributed by atoms with E-state index >= 15 is 0 Å². The van der Waals surface area contributed by atoms with Gasteiger partial charge >= 0.3 is 0 Å². The molecular weight excluding hydrogens is 216 g/mol. The van der Waals surface area contributed by atoms with E-state index in [1.165, 1.54) is 34.6 Å². The predicted octanol–water partition coefficient (Wildman–Crippen LogP) is 4.10. The second kappa shape index (κ2) is 4.50. The summed E-state index contributed by atoms with van der Waals surface area (Å²) in [5.41, 5.74) is 1.82. The van der Waals surface area contributed by atoms with Gasteiger partial charge in [0.15, 0.2) is 0 Å². The molecular formula is C14H22OS. The minimum Gasteiger partial charge on any atom is -0.388 e. The number of aliphatic hydroxyl groups is 1. The first-order chi connectivity index (χ1) is 7.46. The lowest BCUT2D eigenvalue weighted by Crippen LogP contribution is -2.07. The van der Waals surface area contributed by atoms with E-state index in [9.17, 15) is 5.11 Å². The van der Waals surface area contributed by atoms with Gasteiger partial charge in [-0.3, -0.25) is 0 Å². The van der Waals surface area contributed by atoms with Crippen LogP contribution in [0, 0.1) is 5.41 Å². The van der Waals surface area contributed by atoms with Crippen LogP contribution < -0.4 is 0 Å². The second-order valence-corrected chi connectivity index (χ2v) is 7.23. The third-order valence-electron chi connectivity index (χ3n) is 3.26. The molecule has 0 amide bonds. The predicted molar refractivity (Wildman–Crippen MR) is 70.0 cm³/mol. The topological polar surface area (TPSA) is 20.2 Å². The maximum absolute atomic E-state index is 10.2. The Balaban J connectivity index is 1.96. The van der Waals surface area contributed by atoms with Crippen molar-refractivity contribution in [3.05, 3.63) is 21.4 Å². The lowest BCUT2D eigenvalue weighted by molar-refractivity contribution is 0.151. The van der Waals surface area contributed by atoms with E-state index < -0.39 is 0 Å². The lowest BCUT2D eigenvalue weighted by atomic mass is 9.89. The Morgan fingerprint density at radius 1 is 1.38 bits per heavy atom. The van der Waals surface area contributed by atoms with Crippen LogP contribution >= 0.6 is 11.3 Å². The monoisotopic (exact) mass is 238 g/mol. The second-order valence-electron chi connectivity index (χ2n) is 6.07. The molecule has 0 aromatic carbocycles. The van der Waals surface area contributed by atoms with Crippen LogP contribution in [0.5, 0.6) is 0 Å². The van der Waals surface area contributed by atoms with Crippen LogP contribution in [0.1, 0.15) is 61.5 Å². The number of hydrogen-bond donors (Lipinski definition) is 1. The zero-order chi connectivity index (χ0) is 11.8. The van der Waals surface area contributed by atoms with Crippen LogP contribution in [0.25, 0.3) is 0 Å². The average molecular weight is 238 g/mol. The highest BCUT2D eigenvalue weighted by Gasteiger charge is 2.20. The molecule has 1 aromatic heterocycles. The summed E-state index contributed by atoms with van der Waals surface area (Å²) >= 11 is 1.83. The van der Waals surface area contributed by atoms with Crippen LogP contribution in [0.3, 0.4) is 0 Å². The zero-order valence-electron chi connectivity index (χ0n) is 10.5. The summed E-state index contributed by atoms with van der Waals surface area (Å²) in [5.74, 6) is 0. The Bertz CT molecular complexity index is 338. The molecule has 0 radical (unpaired) electrons. The van der Waals surface area contributed by atoms with Crippen molar-refractivity contribution in [1.29, 1.82) is 0 Å². The van der Waals surface area contributed by atoms with E-state index in [1.54, 1.807) is 0 Å². The first-order valence-corrected chi connectivity index (χ1v) is 7.07. The molecule has 0 fully saturated rings. The van der Waals surface area contributed by atoms with Crippen molar-refractivity contribution in [1.82, 2.24) is 0 Å². The van der Waals surface area contributed by atoms with Crippen molar-refractivity contribution in [3.8, 4) is 0 Å². The van der Waals surface area contributed by atoms with E-state index in [0.29, 0.717) is 5.41 Å². The molecule has 1 aliphatic rings. The number of aliphatic hydroxyl groups excluding tert-OH is 1. The van der Waals surface area contributed by atoms with E-state index in [1.807, 2.05) is 11.3 Å². The molecule has 1 nitrogen and oxygen atoms in total. The van der Waals surface area contributed by atoms with E-state index in [2.05, 4.69) is 26.8 Å². The van der Waals surface area contributed by atoms with Gasteiger partial charge < -0.3 is 5.11 Å². The van der Waals surface area contributed by atoms with E-state index in [-0.39, 0.29) is 6.10 Å². The molecule has 0 bridgehead atoms. The molecule has 0 saturated carbocycles. The minimum atomic E-state index is -0.241. The van der Waals surface area contributed by atoms with Crippen LogP contribution in [-0.2, 0) is 12.8 Å². The van der Waals surface area contributed by atoms with Gasteiger partial charge in [-0.25, -0.2) is 0 Å². The normalized spacial score (nSPS) is 17.5. The van der Waals surface area contributed by atoms with Crippen molar-refractivity contribution in [3.63, 3.8) is 0 Å². The third kappa shape index (κ3) is 2.86. The molecule has 2 rings (SSSR count). The highest BCUT2D eigenvalue weighted by atomic mass is 32.1. The summed E-state index contributed by atoms with van der Waals surface area (Å²) < 4.78 is 0. The maximum Gasteiger partial charge on any atom is 0.0882 e. The molecule has 1 aliphatic carbocycles. The van der Waals surface area contributed by atoms with Gasteiger partial charge in [0.25, 0.3) is 0 Å². The molecule has 1 heterocycles. The van der Waals surface area contributed by atoms with E-state index in [4.69, 9.17) is 0 Å². The number of fused-ring (bicyclic) bond motifs is 1. The number of hydrogen-bond acceptors (Lipinski definition) is 2. The molecule has 0 spiro atoms. The number of thiophene rings is 1. The molecule has 1 unspecified atom stereocenters. The summed E-state index contributed by atoms with van der Waals surface area (Å²) in [5, 5.41) is 10.2. The van der Waals surface area contributed by atoms with Gasteiger partial charge in [-0.2, -0.15) is 0 Å². The summed E-state index contributed by atoms with van der Waals surface area (Å²) in [6.07, 6.45) is 5.48. The molecule has 0 aliphatic heterocycles. The molecule has 0 saturated heterocycles. The standard InChI is InChI=1S/C14H22OS/c1-14(2,3)8-7-11(15)13-9-10-5-4-6-12(10)16-13/h9,11,15H,4-8H2,1-3H3. The fraction of sp³-hybridized carbons (Fsp3) is 0.714. The van der Waals surface area contributed by atoms with Crippen molar-refractivity contribution >= 4 is 11.3 Å². The van der Waals surface area contributed by atoms with Gasteiger partial charge in [0, 0.05) is 9.75 Å². The number of rotatable bonds is 3. The summed E-state index contributed by atoms with van der Waals surface area (Å²) in [4.78, 5) is 2.71. The minimum absolute atomic E-state index is 0.241. The fourth-order valence-electron chi connectivity index (χ4n) is 2.23. The summed E-state index contributed by atoms with van der Waals surface area (Å²) in [6.45, 7) is 6.69. The Kier molecular flexibility index (Phi) is 3.41. The smallest absolute Gasteiger partial charge is 0.0882 e. The third-order valence-corrected chi connectivity index (χ3v) is 4.60. The molecule has 1 atom stereocenters. The first kappa shape index (κ1) is 12.1. The summed E-state index contributed by atoms with van der Waals surface area (Å²) in [7, 11) is 0. The molecule has 2 heteroatoms. The quantitative estimate of drug-likeness (QED) is 0.840. The fourth-order valence-corrected chi connectivity index (χ4v) is 3.51. The van der Waals surface area contributed by atoms with Crippen LogP contribution in [0.4, 0.5) is 0 Å². The number of aryl methyl sites for hydroxylation is 2. The van der Waals surface area contributed by atoms with Crippen molar-refractivity contribution in [2.45, 2.75) is 59.0 Å². The molecule has 1 N–H and O–H groups in total. The van der Waals surface area contributed by atoms with Gasteiger partial charge in [-0.1, -0.05) is 20.8 Å². The van der Waals surface area contributed by atoms with Crippen LogP contribution in [0.2, 0.25) is 0 Å². The van der Waals surface area contributed by atoms with Gasteiger partial charge in [0.1, 0.15) is 0 Å². The molecule has 16 heavy (non-hydrogen) atoms. The maximum atomic E-state index is 10.2. The van der Waals surface area contributed by atoms with Gasteiger partial charge in [0.05, 0.1) is 6.10 Å². The molecule has 90 valence electrons. The van der Waals surface area contributed by atoms with Gasteiger partial charge in [-0.05, 0) is 49.1 Å². The van der Waals surface area contributed by atoms with Crippen LogP contribution in [0.15, 0.2) is 6.07 Å². The largest absolute Gasteiger partial charge is 0.388 e. The molecule has 1 aromatic rings. The lowest BCUT2D eigenvalue weighted by Gasteiger charge is -2.19. The van der Waals surface area contributed by atoms with Crippen molar-refractivity contribution < 1.29 is 5.11 Å². The Morgan fingerprint density at radius 2 is 2.12 bits per heavy atom. The highest BCUT2D eigenvalue weighted by molar-refractivity contribution is 7.12. The van der Waals surface area contributed by atoms with Crippen molar-refractivity contribution in [2.24, 2.45) is 5.41 Å². The van der Waals surface area contributed by atoms with E-state index in [0.717, 1.165) is 12.8 Å². The Hall–Kier alpha value is -0.340. The van der Waals surface area contributed by atoms with Crippen molar-refractivity contribution in [2.75, 3.05) is 0 Å². The Morgan fingerprint density at radius 3 is 2.75 bits per heavy atom. The SMILES string of the molecule is CC(C)(C)CCC(O)c1cc2c(s1)CCC2. The zero-order valence-corrected chi connectivity index (χ0v) is 11.4. The van der Waals surface area contributed by atoms with Gasteiger partial charge in [-0.15, -0.1) is 11.3 Å². The Labute approximate surface area is 103 Å². The summed E-state index contributed by atoms with van der Waals surface area (Å²) in [6, 6.07) is 2.24. The van der Waals surface area contributed by atoms with Gasteiger partial charge in [0.2, 0.25) is 0 Å². The first-order valence-electron chi connectivity index (χ1n) is 6.25. The average Bonchev–Trinajstić information content (AvgIpc) is 2.71. The van der Waals surface area contributed by atoms with Crippen LogP contribution in [-0.4, -0.2) is 5.11 Å². The highest BCUT2D eigenvalue weighted by Crippen LogP contribution is 2.36.